The van der Waals surface area contributed by atoms with E-state index in [2.05, 4.69) is 66.2 Å². The van der Waals surface area contributed by atoms with Gasteiger partial charge in [-0.3, -0.25) is 14.3 Å². The fraction of sp³-hybridized carbons (Fsp3) is 0.240. The van der Waals surface area contributed by atoms with Crippen molar-refractivity contribution in [2.24, 2.45) is 0 Å². The number of rotatable bonds is 3. The highest BCUT2D eigenvalue weighted by molar-refractivity contribution is 5.85. The highest BCUT2D eigenvalue weighted by Gasteiger charge is 2.35. The SMILES string of the molecule is CC1(C)CCn2c(nc(-c3ccncc3)cc2=O)N1Cc1cccc2ccccc12. The topological polar surface area (TPSA) is 51.0 Å². The fourth-order valence-electron chi connectivity index (χ4n) is 4.26. The monoisotopic (exact) mass is 396 g/mol. The second-order valence-corrected chi connectivity index (χ2v) is 8.45. The Kier molecular flexibility index (Phi) is 4.39. The van der Waals surface area contributed by atoms with Crippen LogP contribution >= 0.6 is 0 Å². The summed E-state index contributed by atoms with van der Waals surface area (Å²) < 4.78 is 1.81. The zero-order valence-electron chi connectivity index (χ0n) is 17.2. The van der Waals surface area contributed by atoms with Crippen molar-refractivity contribution in [1.29, 1.82) is 0 Å². The predicted molar refractivity (Wildman–Crippen MR) is 121 cm³/mol. The van der Waals surface area contributed by atoms with Crippen molar-refractivity contribution < 1.29 is 0 Å². The van der Waals surface area contributed by atoms with Crippen LogP contribution < -0.4 is 10.5 Å². The fourth-order valence-corrected chi connectivity index (χ4v) is 4.26. The molecule has 0 amide bonds. The molecule has 1 aliphatic heterocycles. The zero-order valence-corrected chi connectivity index (χ0v) is 17.2. The van der Waals surface area contributed by atoms with Crippen LogP contribution in [-0.2, 0) is 13.1 Å². The average Bonchev–Trinajstić information content (AvgIpc) is 2.76. The third-order valence-electron chi connectivity index (χ3n) is 6.09. The van der Waals surface area contributed by atoms with Gasteiger partial charge in [0, 0.05) is 42.7 Å². The van der Waals surface area contributed by atoms with E-state index < -0.39 is 0 Å². The number of pyridine rings is 1. The van der Waals surface area contributed by atoms with Crippen LogP contribution in [0.25, 0.3) is 22.0 Å². The molecule has 5 heteroatoms. The molecular formula is C25H24N4O. The lowest BCUT2D eigenvalue weighted by atomic mass is 9.94. The molecule has 2 aromatic heterocycles. The lowest BCUT2D eigenvalue weighted by Crippen LogP contribution is -2.51. The molecule has 0 N–H and O–H groups in total. The lowest BCUT2D eigenvalue weighted by molar-refractivity contribution is 0.345. The van der Waals surface area contributed by atoms with E-state index in [9.17, 15) is 4.79 Å². The summed E-state index contributed by atoms with van der Waals surface area (Å²) in [4.78, 5) is 24.3. The second kappa shape index (κ2) is 7.10. The highest BCUT2D eigenvalue weighted by atomic mass is 16.1. The molecule has 0 unspecified atom stereocenters. The molecule has 30 heavy (non-hydrogen) atoms. The van der Waals surface area contributed by atoms with Crippen molar-refractivity contribution in [2.75, 3.05) is 4.90 Å². The van der Waals surface area contributed by atoms with Crippen molar-refractivity contribution in [3.63, 3.8) is 0 Å². The summed E-state index contributed by atoms with van der Waals surface area (Å²) in [5, 5.41) is 2.46. The maximum absolute atomic E-state index is 13.0. The smallest absolute Gasteiger partial charge is 0.255 e. The van der Waals surface area contributed by atoms with Crippen molar-refractivity contribution in [3.05, 3.63) is 89.0 Å². The number of fused-ring (bicyclic) bond motifs is 2. The molecule has 0 bridgehead atoms. The molecule has 3 heterocycles. The van der Waals surface area contributed by atoms with Crippen LogP contribution in [0.4, 0.5) is 5.95 Å². The van der Waals surface area contributed by atoms with Gasteiger partial charge in [-0.2, -0.15) is 0 Å². The molecule has 0 atom stereocenters. The van der Waals surface area contributed by atoms with Crippen LogP contribution in [-0.4, -0.2) is 20.1 Å². The average molecular weight is 396 g/mol. The largest absolute Gasteiger partial charge is 0.333 e. The van der Waals surface area contributed by atoms with Crippen molar-refractivity contribution in [3.8, 4) is 11.3 Å². The number of benzene rings is 2. The minimum Gasteiger partial charge on any atom is -0.333 e. The Morgan fingerprint density at radius 2 is 1.77 bits per heavy atom. The van der Waals surface area contributed by atoms with Gasteiger partial charge in [-0.05, 0) is 48.7 Å². The first-order chi connectivity index (χ1) is 14.5. The van der Waals surface area contributed by atoms with Crippen molar-refractivity contribution in [1.82, 2.24) is 14.5 Å². The van der Waals surface area contributed by atoms with E-state index in [-0.39, 0.29) is 11.1 Å². The number of nitrogens with zero attached hydrogens (tertiary/aromatic N) is 4. The van der Waals surface area contributed by atoms with E-state index in [1.807, 2.05) is 12.1 Å². The number of hydrogen-bond donors (Lipinski definition) is 0. The second-order valence-electron chi connectivity index (χ2n) is 8.45. The first kappa shape index (κ1) is 18.6. The summed E-state index contributed by atoms with van der Waals surface area (Å²) in [6.07, 6.45) is 4.35. The van der Waals surface area contributed by atoms with Crippen LogP contribution in [0.3, 0.4) is 0 Å². The Morgan fingerprint density at radius 3 is 2.60 bits per heavy atom. The maximum atomic E-state index is 13.0. The molecule has 0 saturated carbocycles. The van der Waals surface area contributed by atoms with Crippen LogP contribution in [0.15, 0.2) is 77.9 Å². The van der Waals surface area contributed by atoms with Gasteiger partial charge in [0.25, 0.3) is 5.56 Å². The molecule has 5 rings (SSSR count). The molecular weight excluding hydrogens is 372 g/mol. The van der Waals surface area contributed by atoms with E-state index >= 15 is 0 Å². The predicted octanol–water partition coefficient (Wildman–Crippen LogP) is 4.65. The Morgan fingerprint density at radius 1 is 1.00 bits per heavy atom. The third-order valence-corrected chi connectivity index (χ3v) is 6.09. The molecule has 0 saturated heterocycles. The van der Waals surface area contributed by atoms with E-state index in [1.165, 1.54) is 16.3 Å². The number of hydrogen-bond acceptors (Lipinski definition) is 4. The van der Waals surface area contributed by atoms with E-state index in [4.69, 9.17) is 4.98 Å². The van der Waals surface area contributed by atoms with Gasteiger partial charge >= 0.3 is 0 Å². The normalized spacial score (nSPS) is 15.2. The summed E-state index contributed by atoms with van der Waals surface area (Å²) in [5.74, 6) is 0.735. The zero-order chi connectivity index (χ0) is 20.7. The van der Waals surface area contributed by atoms with Gasteiger partial charge in [0.2, 0.25) is 5.95 Å². The van der Waals surface area contributed by atoms with Crippen molar-refractivity contribution >= 4 is 16.7 Å². The Bertz CT molecular complexity index is 1270. The van der Waals surface area contributed by atoms with Gasteiger partial charge < -0.3 is 4.90 Å². The first-order valence-corrected chi connectivity index (χ1v) is 10.3. The van der Waals surface area contributed by atoms with Gasteiger partial charge in [-0.1, -0.05) is 42.5 Å². The maximum Gasteiger partial charge on any atom is 0.255 e. The van der Waals surface area contributed by atoms with E-state index in [0.29, 0.717) is 18.8 Å². The Hall–Kier alpha value is -3.47. The summed E-state index contributed by atoms with van der Waals surface area (Å²) in [5.41, 5.74) is 2.70. The Labute approximate surface area is 175 Å². The van der Waals surface area contributed by atoms with Gasteiger partial charge in [-0.15, -0.1) is 0 Å². The van der Waals surface area contributed by atoms with Gasteiger partial charge in [0.15, 0.2) is 0 Å². The van der Waals surface area contributed by atoms with Gasteiger partial charge in [0.1, 0.15) is 0 Å². The molecule has 0 aliphatic carbocycles. The number of anilines is 1. The van der Waals surface area contributed by atoms with Gasteiger partial charge in [0.05, 0.1) is 5.69 Å². The molecule has 2 aromatic carbocycles. The van der Waals surface area contributed by atoms with Crippen molar-refractivity contribution in [2.45, 2.75) is 38.9 Å². The van der Waals surface area contributed by atoms with E-state index in [1.54, 1.807) is 23.0 Å². The summed E-state index contributed by atoms with van der Waals surface area (Å²) in [7, 11) is 0. The summed E-state index contributed by atoms with van der Waals surface area (Å²) >= 11 is 0. The molecule has 1 aliphatic rings. The Balaban J connectivity index is 1.65. The quantitative estimate of drug-likeness (QED) is 0.506. The molecule has 4 aromatic rings. The van der Waals surface area contributed by atoms with Crippen LogP contribution in [0.2, 0.25) is 0 Å². The molecule has 5 nitrogen and oxygen atoms in total. The number of aromatic nitrogens is 3. The minimum atomic E-state index is -0.118. The minimum absolute atomic E-state index is 0.00904. The van der Waals surface area contributed by atoms with Gasteiger partial charge in [-0.25, -0.2) is 4.98 Å². The van der Waals surface area contributed by atoms with Crippen LogP contribution in [0.5, 0.6) is 0 Å². The molecule has 0 radical (unpaired) electrons. The van der Waals surface area contributed by atoms with Crippen LogP contribution in [0.1, 0.15) is 25.8 Å². The summed E-state index contributed by atoms with van der Waals surface area (Å²) in [6, 6.07) is 20.3. The molecule has 0 spiro atoms. The van der Waals surface area contributed by atoms with Crippen LogP contribution in [0, 0.1) is 0 Å². The molecule has 150 valence electrons. The third kappa shape index (κ3) is 3.16. The lowest BCUT2D eigenvalue weighted by Gasteiger charge is -2.44. The highest BCUT2D eigenvalue weighted by Crippen LogP contribution is 2.34. The van der Waals surface area contributed by atoms with E-state index in [0.717, 1.165) is 17.9 Å². The molecule has 0 fully saturated rings. The standard InChI is InChI=1S/C25H24N4O/c1-25(2)12-15-28-23(30)16-22(19-10-13-26-14-11-19)27-24(28)29(25)17-20-8-5-7-18-6-3-4-9-21(18)20/h3-11,13-14,16H,12,15,17H2,1-2H3. The first-order valence-electron chi connectivity index (χ1n) is 10.3. The summed E-state index contributed by atoms with van der Waals surface area (Å²) in [6.45, 7) is 5.83.